The minimum absolute atomic E-state index is 0.168. The summed E-state index contributed by atoms with van der Waals surface area (Å²) in [5.74, 6) is 7.13. The van der Waals surface area contributed by atoms with Crippen LogP contribution in [0.2, 0.25) is 0 Å². The van der Waals surface area contributed by atoms with Gasteiger partial charge in [0.05, 0.1) is 31.0 Å². The van der Waals surface area contributed by atoms with Gasteiger partial charge in [-0.3, -0.25) is 14.7 Å². The van der Waals surface area contributed by atoms with Gasteiger partial charge in [-0.15, -0.1) is 0 Å². The summed E-state index contributed by atoms with van der Waals surface area (Å²) < 4.78 is 7.37. The highest BCUT2D eigenvalue weighted by Crippen LogP contribution is 2.35. The zero-order chi connectivity index (χ0) is 25.5. The summed E-state index contributed by atoms with van der Waals surface area (Å²) in [4.78, 5) is 18.0. The lowest BCUT2D eigenvalue weighted by Crippen LogP contribution is -2.41. The fourth-order valence-electron chi connectivity index (χ4n) is 5.24. The smallest absolute Gasteiger partial charge is 0.303 e. The first-order valence-electron chi connectivity index (χ1n) is 12.6. The van der Waals surface area contributed by atoms with Crippen LogP contribution >= 0.6 is 0 Å². The number of pyridine rings is 1. The second-order valence-corrected chi connectivity index (χ2v) is 9.66. The molecular formula is C29H35N3O4. The molecule has 1 aromatic carbocycles. The lowest BCUT2D eigenvalue weighted by Gasteiger charge is -2.38. The molecule has 0 saturated carbocycles. The van der Waals surface area contributed by atoms with Gasteiger partial charge in [-0.25, -0.2) is 0 Å². The van der Waals surface area contributed by atoms with E-state index in [4.69, 9.17) is 4.74 Å². The maximum atomic E-state index is 11.3. The summed E-state index contributed by atoms with van der Waals surface area (Å²) in [5.41, 5.74) is 2.67. The number of hydrogen-bond acceptors (Lipinski definition) is 5. The molecule has 1 fully saturated rings. The van der Waals surface area contributed by atoms with Crippen LogP contribution < -0.4 is 4.74 Å². The highest BCUT2D eigenvalue weighted by Gasteiger charge is 2.30. The van der Waals surface area contributed by atoms with Crippen LogP contribution in [0.4, 0.5) is 0 Å². The number of ether oxygens (including phenoxy) is 1. The van der Waals surface area contributed by atoms with Crippen molar-refractivity contribution < 1.29 is 19.7 Å². The van der Waals surface area contributed by atoms with E-state index in [1.54, 1.807) is 13.3 Å². The Kier molecular flexibility index (Phi) is 8.63. The first kappa shape index (κ1) is 25.7. The van der Waals surface area contributed by atoms with Crippen LogP contribution in [0.5, 0.6) is 5.75 Å². The van der Waals surface area contributed by atoms with E-state index in [9.17, 15) is 15.0 Å². The van der Waals surface area contributed by atoms with Crippen molar-refractivity contribution in [3.63, 3.8) is 0 Å². The number of carboxylic acid groups (broad SMARTS) is 1. The molecule has 190 valence electrons. The number of carbonyl (C=O) groups is 1. The molecule has 1 aliphatic rings. The third-order valence-electron chi connectivity index (χ3n) is 7.32. The summed E-state index contributed by atoms with van der Waals surface area (Å²) in [5, 5.41) is 21.3. The largest absolute Gasteiger partial charge is 0.497 e. The summed E-state index contributed by atoms with van der Waals surface area (Å²) in [6.07, 6.45) is 6.37. The molecule has 1 saturated heterocycles. The van der Waals surface area contributed by atoms with Crippen LogP contribution in [0.25, 0.3) is 10.9 Å². The minimum Gasteiger partial charge on any atom is -0.497 e. The van der Waals surface area contributed by atoms with Gasteiger partial charge in [0.15, 0.2) is 0 Å². The van der Waals surface area contributed by atoms with E-state index in [0.29, 0.717) is 25.3 Å². The normalized spacial score (nSPS) is 19.0. The maximum Gasteiger partial charge on any atom is 0.303 e. The zero-order valence-electron chi connectivity index (χ0n) is 21.1. The predicted molar refractivity (Wildman–Crippen MR) is 140 cm³/mol. The van der Waals surface area contributed by atoms with Crippen molar-refractivity contribution in [3.05, 3.63) is 60.0 Å². The third-order valence-corrected chi connectivity index (χ3v) is 7.32. The number of aryl methyl sites for hydroxylation is 1. The fraction of sp³-hybridized carbons (Fsp3) is 0.448. The zero-order valence-corrected chi connectivity index (χ0v) is 21.1. The number of hydrogen-bond donors (Lipinski definition) is 2. The highest BCUT2D eigenvalue weighted by molar-refractivity contribution is 5.83. The van der Waals surface area contributed by atoms with E-state index in [2.05, 4.69) is 21.7 Å². The molecule has 0 spiro atoms. The molecule has 0 amide bonds. The van der Waals surface area contributed by atoms with Crippen LogP contribution in [0, 0.1) is 23.7 Å². The SMILES string of the molecule is COc1ccc2nccc(C(O)CC[C@@H]3CCN(CC#Cc4cccn4C)C[C@@H]3CCC(=O)O)c2c1. The van der Waals surface area contributed by atoms with Crippen molar-refractivity contribution in [3.8, 4) is 17.6 Å². The number of aliphatic carboxylic acids is 1. The number of aliphatic hydroxyl groups excluding tert-OH is 1. The summed E-state index contributed by atoms with van der Waals surface area (Å²) in [6, 6.07) is 11.6. The Bertz CT molecular complexity index is 1240. The average Bonchev–Trinajstić information content (AvgIpc) is 3.30. The Hall–Kier alpha value is -3.34. The number of benzene rings is 1. The van der Waals surface area contributed by atoms with Gasteiger partial charge in [-0.1, -0.05) is 5.92 Å². The van der Waals surface area contributed by atoms with E-state index in [1.165, 1.54) is 0 Å². The summed E-state index contributed by atoms with van der Waals surface area (Å²) in [7, 11) is 3.61. The van der Waals surface area contributed by atoms with Gasteiger partial charge >= 0.3 is 5.97 Å². The number of nitrogens with zero attached hydrogens (tertiary/aromatic N) is 3. The van der Waals surface area contributed by atoms with Crippen LogP contribution in [0.3, 0.4) is 0 Å². The molecule has 7 heteroatoms. The van der Waals surface area contributed by atoms with E-state index < -0.39 is 12.1 Å². The van der Waals surface area contributed by atoms with Gasteiger partial charge < -0.3 is 19.5 Å². The van der Waals surface area contributed by atoms with Gasteiger partial charge in [0, 0.05) is 37.8 Å². The second-order valence-electron chi connectivity index (χ2n) is 9.66. The fourth-order valence-corrected chi connectivity index (χ4v) is 5.24. The molecule has 1 unspecified atom stereocenters. The monoisotopic (exact) mass is 489 g/mol. The van der Waals surface area contributed by atoms with E-state index in [0.717, 1.165) is 53.8 Å². The Balaban J connectivity index is 1.40. The van der Waals surface area contributed by atoms with Gasteiger partial charge in [-0.05, 0) is 91.9 Å². The summed E-state index contributed by atoms with van der Waals surface area (Å²) >= 11 is 0. The standard InChI is InChI=1S/C29H35N3O4/c1-31-16-3-5-23(31)6-4-17-32-18-14-21(22(20-32)8-12-29(34)35)7-11-28(33)25-13-15-30-27-10-9-24(36-2)19-26(25)27/h3,5,9-10,13,15-16,19,21-22,28,33H,7-8,11-12,14,17-18,20H2,1-2H3,(H,34,35)/t21-,22+,28?/m1/s1. The molecule has 7 nitrogen and oxygen atoms in total. The van der Waals surface area contributed by atoms with Crippen LogP contribution in [-0.4, -0.2) is 57.4 Å². The van der Waals surface area contributed by atoms with E-state index in [-0.39, 0.29) is 12.3 Å². The Morgan fingerprint density at radius 1 is 1.25 bits per heavy atom. The third kappa shape index (κ3) is 6.45. The molecular weight excluding hydrogens is 454 g/mol. The minimum atomic E-state index is -0.758. The van der Waals surface area contributed by atoms with Gasteiger partial charge in [0.1, 0.15) is 5.75 Å². The molecule has 1 aliphatic heterocycles. The highest BCUT2D eigenvalue weighted by atomic mass is 16.5. The van der Waals surface area contributed by atoms with E-state index in [1.807, 2.05) is 54.2 Å². The first-order chi connectivity index (χ1) is 17.4. The van der Waals surface area contributed by atoms with Crippen LogP contribution in [0.15, 0.2) is 48.8 Å². The predicted octanol–water partition coefficient (Wildman–Crippen LogP) is 4.25. The van der Waals surface area contributed by atoms with Crippen LogP contribution in [0.1, 0.15) is 49.5 Å². The lowest BCUT2D eigenvalue weighted by atomic mass is 9.79. The average molecular weight is 490 g/mol. The molecule has 4 rings (SSSR count). The van der Waals surface area contributed by atoms with Gasteiger partial charge in [-0.2, -0.15) is 0 Å². The van der Waals surface area contributed by atoms with Crippen molar-refractivity contribution in [2.45, 2.75) is 38.2 Å². The van der Waals surface area contributed by atoms with E-state index >= 15 is 0 Å². The molecule has 2 aromatic heterocycles. The van der Waals surface area contributed by atoms with Crippen LogP contribution in [-0.2, 0) is 11.8 Å². The molecule has 0 radical (unpaired) electrons. The van der Waals surface area contributed by atoms with Gasteiger partial charge in [0.25, 0.3) is 0 Å². The number of likely N-dealkylation sites (tertiary alicyclic amines) is 1. The number of rotatable bonds is 9. The van der Waals surface area contributed by atoms with Gasteiger partial charge in [0.2, 0.25) is 0 Å². The molecule has 36 heavy (non-hydrogen) atoms. The molecule has 0 bridgehead atoms. The topological polar surface area (TPSA) is 87.8 Å². The van der Waals surface area contributed by atoms with Crippen molar-refractivity contribution in [1.82, 2.24) is 14.5 Å². The van der Waals surface area contributed by atoms with Crippen molar-refractivity contribution in [2.75, 3.05) is 26.7 Å². The molecule has 0 aliphatic carbocycles. The molecule has 3 aromatic rings. The number of aromatic nitrogens is 2. The lowest BCUT2D eigenvalue weighted by molar-refractivity contribution is -0.137. The Morgan fingerprint density at radius 2 is 2.11 bits per heavy atom. The first-order valence-corrected chi connectivity index (χ1v) is 12.6. The van der Waals surface area contributed by atoms with Crippen molar-refractivity contribution in [2.24, 2.45) is 18.9 Å². The number of aliphatic hydroxyl groups is 1. The second kappa shape index (κ2) is 12.1. The Labute approximate surface area is 212 Å². The maximum absolute atomic E-state index is 11.3. The summed E-state index contributed by atoms with van der Waals surface area (Å²) in [6.45, 7) is 2.45. The number of piperidine rings is 1. The number of carboxylic acids is 1. The Morgan fingerprint density at radius 3 is 2.86 bits per heavy atom. The quantitative estimate of drug-likeness (QED) is 0.437. The molecule has 3 atom stereocenters. The van der Waals surface area contributed by atoms with Crippen molar-refractivity contribution >= 4 is 16.9 Å². The molecule has 2 N–H and O–H groups in total. The van der Waals surface area contributed by atoms with Crippen molar-refractivity contribution in [1.29, 1.82) is 0 Å². The molecule has 3 heterocycles. The number of methoxy groups -OCH3 is 1. The number of fused-ring (bicyclic) bond motifs is 1.